The summed E-state index contributed by atoms with van der Waals surface area (Å²) >= 11 is 2.21. The number of amides is 1. The first kappa shape index (κ1) is 19.1. The van der Waals surface area contributed by atoms with Crippen LogP contribution in [-0.4, -0.2) is 20.4 Å². The zero-order valence-electron chi connectivity index (χ0n) is 15.5. The normalized spacial score (nSPS) is 10.6. The number of nitrogens with one attached hydrogen (secondary N) is 1. The smallest absolute Gasteiger partial charge is 0.255 e. The fourth-order valence-corrected chi connectivity index (χ4v) is 3.09. The van der Waals surface area contributed by atoms with Gasteiger partial charge in [0.1, 0.15) is 17.4 Å². The molecule has 4 rings (SSSR count). The number of anilines is 1. The summed E-state index contributed by atoms with van der Waals surface area (Å²) in [4.78, 5) is 21.1. The van der Waals surface area contributed by atoms with Gasteiger partial charge in [-0.15, -0.1) is 0 Å². The summed E-state index contributed by atoms with van der Waals surface area (Å²) in [6.07, 6.45) is 3.83. The van der Waals surface area contributed by atoms with Gasteiger partial charge < -0.3 is 14.6 Å². The van der Waals surface area contributed by atoms with Gasteiger partial charge in [0.15, 0.2) is 0 Å². The first-order valence-corrected chi connectivity index (χ1v) is 9.98. The number of rotatable bonds is 5. The average Bonchev–Trinajstić information content (AvgIpc) is 3.24. The molecule has 2 aromatic heterocycles. The molecule has 1 N–H and O–H groups in total. The van der Waals surface area contributed by atoms with Crippen LogP contribution in [0.2, 0.25) is 0 Å². The van der Waals surface area contributed by atoms with E-state index in [0.717, 1.165) is 9.39 Å². The molecule has 7 heteroatoms. The lowest BCUT2D eigenvalue weighted by Gasteiger charge is -2.10. The van der Waals surface area contributed by atoms with Gasteiger partial charge in [0.25, 0.3) is 5.91 Å². The van der Waals surface area contributed by atoms with Crippen LogP contribution in [0.3, 0.4) is 0 Å². The number of aromatic nitrogens is 3. The Kier molecular flexibility index (Phi) is 5.57. The van der Waals surface area contributed by atoms with Crippen molar-refractivity contribution in [2.45, 2.75) is 6.92 Å². The van der Waals surface area contributed by atoms with Gasteiger partial charge in [0, 0.05) is 33.3 Å². The first-order chi connectivity index (χ1) is 14.1. The number of hydrogen-bond donors (Lipinski definition) is 1. The van der Waals surface area contributed by atoms with Crippen LogP contribution in [0, 0.1) is 10.5 Å². The van der Waals surface area contributed by atoms with Crippen LogP contribution in [0.4, 0.5) is 5.69 Å². The van der Waals surface area contributed by atoms with E-state index in [4.69, 9.17) is 4.74 Å². The summed E-state index contributed by atoms with van der Waals surface area (Å²) in [7, 11) is 0. The number of halogens is 1. The van der Waals surface area contributed by atoms with Crippen molar-refractivity contribution in [3.05, 3.63) is 94.1 Å². The lowest BCUT2D eigenvalue weighted by molar-refractivity contribution is 0.102. The van der Waals surface area contributed by atoms with Crippen molar-refractivity contribution >= 4 is 34.2 Å². The summed E-state index contributed by atoms with van der Waals surface area (Å²) in [6.45, 7) is 1.82. The predicted molar refractivity (Wildman–Crippen MR) is 120 cm³/mol. The Balaban J connectivity index is 1.46. The molecule has 0 aliphatic heterocycles. The van der Waals surface area contributed by atoms with Crippen LogP contribution in [-0.2, 0) is 0 Å². The highest BCUT2D eigenvalue weighted by Crippen LogP contribution is 2.23. The molecule has 0 aliphatic rings. The minimum absolute atomic E-state index is 0.155. The van der Waals surface area contributed by atoms with Crippen LogP contribution in [0.5, 0.6) is 11.6 Å². The van der Waals surface area contributed by atoms with Crippen LogP contribution in [0.25, 0.3) is 5.82 Å². The predicted octanol–water partition coefficient (Wildman–Crippen LogP) is 5.22. The summed E-state index contributed by atoms with van der Waals surface area (Å²) < 4.78 is 8.86. The monoisotopic (exact) mass is 496 g/mol. The maximum Gasteiger partial charge on any atom is 0.255 e. The maximum absolute atomic E-state index is 12.3. The second-order valence-corrected chi connectivity index (χ2v) is 7.53. The molecule has 0 radical (unpaired) electrons. The molecule has 2 aromatic carbocycles. The van der Waals surface area contributed by atoms with Crippen molar-refractivity contribution in [2.75, 3.05) is 5.32 Å². The Bertz CT molecular complexity index is 1120. The molecule has 0 bridgehead atoms. The molecule has 6 nitrogen and oxygen atoms in total. The van der Waals surface area contributed by atoms with Crippen LogP contribution >= 0.6 is 22.6 Å². The van der Waals surface area contributed by atoms with Gasteiger partial charge in [-0.3, -0.25) is 4.79 Å². The van der Waals surface area contributed by atoms with Crippen LogP contribution < -0.4 is 10.1 Å². The molecule has 0 saturated heterocycles. The third kappa shape index (κ3) is 4.80. The molecule has 29 heavy (non-hydrogen) atoms. The number of ether oxygens (including phenoxy) is 1. The van der Waals surface area contributed by atoms with E-state index >= 15 is 0 Å². The molecule has 2 heterocycles. The lowest BCUT2D eigenvalue weighted by Crippen LogP contribution is -2.11. The van der Waals surface area contributed by atoms with E-state index in [1.54, 1.807) is 42.5 Å². The van der Waals surface area contributed by atoms with E-state index in [2.05, 4.69) is 37.9 Å². The van der Waals surface area contributed by atoms with Crippen molar-refractivity contribution in [3.63, 3.8) is 0 Å². The minimum atomic E-state index is -0.155. The minimum Gasteiger partial charge on any atom is -0.439 e. The van der Waals surface area contributed by atoms with E-state index < -0.39 is 0 Å². The third-order valence-corrected chi connectivity index (χ3v) is 4.83. The number of nitrogens with zero attached hydrogens (tertiary/aromatic N) is 3. The van der Waals surface area contributed by atoms with Gasteiger partial charge in [-0.25, -0.2) is 4.98 Å². The molecule has 144 valence electrons. The third-order valence-electron chi connectivity index (χ3n) is 4.11. The van der Waals surface area contributed by atoms with Gasteiger partial charge in [0.2, 0.25) is 5.88 Å². The second-order valence-electron chi connectivity index (χ2n) is 6.29. The quantitative estimate of drug-likeness (QED) is 0.385. The number of hydrogen-bond acceptors (Lipinski definition) is 4. The van der Waals surface area contributed by atoms with Gasteiger partial charge in [-0.05, 0) is 90.2 Å². The Morgan fingerprint density at radius 1 is 1.00 bits per heavy atom. The van der Waals surface area contributed by atoms with E-state index in [0.29, 0.717) is 28.7 Å². The van der Waals surface area contributed by atoms with Crippen molar-refractivity contribution < 1.29 is 9.53 Å². The van der Waals surface area contributed by atoms with Crippen molar-refractivity contribution in [2.24, 2.45) is 0 Å². The molecule has 0 saturated carbocycles. The molecule has 0 atom stereocenters. The SMILES string of the molecule is Cc1nc(Oc2ccc(NC(=O)c3ccc(I)cc3)cc2)cc(-n2cccc2)n1. The van der Waals surface area contributed by atoms with Gasteiger partial charge in [-0.1, -0.05) is 0 Å². The highest BCUT2D eigenvalue weighted by Gasteiger charge is 2.08. The zero-order valence-corrected chi connectivity index (χ0v) is 17.7. The van der Waals surface area contributed by atoms with Gasteiger partial charge >= 0.3 is 0 Å². The second kappa shape index (κ2) is 8.44. The fraction of sp³-hybridized carbons (Fsp3) is 0.0455. The van der Waals surface area contributed by atoms with Crippen LogP contribution in [0.15, 0.2) is 79.1 Å². The van der Waals surface area contributed by atoms with Crippen molar-refractivity contribution in [1.82, 2.24) is 14.5 Å². The summed E-state index contributed by atoms with van der Waals surface area (Å²) in [6, 6.07) is 20.2. The Labute approximate surface area is 181 Å². The molecule has 1 amide bonds. The van der Waals surface area contributed by atoms with Crippen molar-refractivity contribution in [1.29, 1.82) is 0 Å². The molecule has 4 aromatic rings. The molecule has 0 aliphatic carbocycles. The van der Waals surface area contributed by atoms with Crippen molar-refractivity contribution in [3.8, 4) is 17.4 Å². The number of carbonyl (C=O) groups excluding carboxylic acids is 1. The Morgan fingerprint density at radius 3 is 2.38 bits per heavy atom. The van der Waals surface area contributed by atoms with E-state index in [-0.39, 0.29) is 5.91 Å². The van der Waals surface area contributed by atoms with Crippen LogP contribution in [0.1, 0.15) is 16.2 Å². The Morgan fingerprint density at radius 2 is 1.69 bits per heavy atom. The number of benzene rings is 2. The molecule has 0 fully saturated rings. The van der Waals surface area contributed by atoms with E-state index in [1.165, 1.54) is 0 Å². The lowest BCUT2D eigenvalue weighted by atomic mass is 10.2. The molecule has 0 spiro atoms. The summed E-state index contributed by atoms with van der Waals surface area (Å²) in [5.41, 5.74) is 1.30. The van der Waals surface area contributed by atoms with Gasteiger partial charge in [-0.2, -0.15) is 4.98 Å². The highest BCUT2D eigenvalue weighted by atomic mass is 127. The molecule has 0 unspecified atom stereocenters. The first-order valence-electron chi connectivity index (χ1n) is 8.91. The standard InChI is InChI=1S/C22H17IN4O2/c1-15-24-20(27-12-2-3-13-27)14-21(25-15)29-19-10-8-18(9-11-19)26-22(28)16-4-6-17(23)7-5-16/h2-14H,1H3,(H,26,28). The van der Waals surface area contributed by atoms with E-state index in [1.807, 2.05) is 48.1 Å². The zero-order chi connectivity index (χ0) is 20.2. The highest BCUT2D eigenvalue weighted by molar-refractivity contribution is 14.1. The average molecular weight is 496 g/mol. The number of carbonyl (C=O) groups is 1. The van der Waals surface area contributed by atoms with Gasteiger partial charge in [0.05, 0.1) is 0 Å². The topological polar surface area (TPSA) is 69.0 Å². The summed E-state index contributed by atoms with van der Waals surface area (Å²) in [5.74, 6) is 2.27. The fourth-order valence-electron chi connectivity index (χ4n) is 2.73. The largest absolute Gasteiger partial charge is 0.439 e. The number of aryl methyl sites for hydroxylation is 1. The maximum atomic E-state index is 12.3. The Hall–Kier alpha value is -3.20. The summed E-state index contributed by atoms with van der Waals surface area (Å²) in [5, 5.41) is 2.88. The molecular formula is C22H17IN4O2. The molecular weight excluding hydrogens is 479 g/mol. The van der Waals surface area contributed by atoms with E-state index in [9.17, 15) is 4.79 Å².